The highest BCUT2D eigenvalue weighted by Crippen LogP contribution is 2.45. The van der Waals surface area contributed by atoms with Crippen LogP contribution in [0.15, 0.2) is 29.6 Å². The Labute approximate surface area is 109 Å². The minimum atomic E-state index is 0.702. The van der Waals surface area contributed by atoms with E-state index in [2.05, 4.69) is 52.5 Å². The van der Waals surface area contributed by atoms with Crippen molar-refractivity contribution in [1.29, 1.82) is 0 Å². The van der Waals surface area contributed by atoms with Crippen LogP contribution in [0.1, 0.15) is 31.2 Å². The Hall–Kier alpha value is -0.340. The van der Waals surface area contributed by atoms with Crippen molar-refractivity contribution in [3.8, 4) is 0 Å². The summed E-state index contributed by atoms with van der Waals surface area (Å²) in [5.41, 5.74) is 1.57. The van der Waals surface area contributed by atoms with E-state index in [1.54, 1.807) is 5.56 Å². The van der Waals surface area contributed by atoms with E-state index in [9.17, 15) is 0 Å². The molecule has 0 spiro atoms. The molecule has 3 rings (SSSR count). The van der Waals surface area contributed by atoms with Gasteiger partial charge in [-0.25, -0.2) is 0 Å². The lowest BCUT2D eigenvalue weighted by Gasteiger charge is -2.18. The molecule has 1 aromatic heterocycles. The zero-order valence-corrected chi connectivity index (χ0v) is 11.7. The van der Waals surface area contributed by atoms with Gasteiger partial charge < -0.3 is 0 Å². The molecule has 0 N–H and O–H groups in total. The van der Waals surface area contributed by atoms with Crippen molar-refractivity contribution >= 4 is 37.4 Å². The van der Waals surface area contributed by atoms with Crippen LogP contribution in [0.5, 0.6) is 0 Å². The highest BCUT2D eigenvalue weighted by molar-refractivity contribution is 9.09. The molecule has 0 aliphatic heterocycles. The zero-order valence-electron chi connectivity index (χ0n) is 9.32. The van der Waals surface area contributed by atoms with Crippen LogP contribution in [0.2, 0.25) is 0 Å². The maximum Gasteiger partial charge on any atom is 0.0377 e. The number of hydrogen-bond acceptors (Lipinski definition) is 1. The second-order valence-corrected chi connectivity index (χ2v) is 6.84. The van der Waals surface area contributed by atoms with Crippen LogP contribution in [-0.4, -0.2) is 4.83 Å². The lowest BCUT2D eigenvalue weighted by atomic mass is 9.90. The van der Waals surface area contributed by atoms with Gasteiger partial charge >= 0.3 is 0 Å². The van der Waals surface area contributed by atoms with E-state index < -0.39 is 0 Å². The summed E-state index contributed by atoms with van der Waals surface area (Å²) < 4.78 is 1.50. The Morgan fingerprint density at radius 3 is 2.88 bits per heavy atom. The van der Waals surface area contributed by atoms with Gasteiger partial charge in [0.2, 0.25) is 0 Å². The largest absolute Gasteiger partial charge is 0.144 e. The normalized spacial score (nSPS) is 30.0. The summed E-state index contributed by atoms with van der Waals surface area (Å²) in [6.07, 6.45) is 2.64. The van der Waals surface area contributed by atoms with Gasteiger partial charge in [0.1, 0.15) is 0 Å². The fourth-order valence-corrected chi connectivity index (χ4v) is 4.47. The first-order valence-corrected chi connectivity index (χ1v) is 7.67. The van der Waals surface area contributed by atoms with Gasteiger partial charge in [0.05, 0.1) is 0 Å². The molecule has 2 aromatic rings. The van der Waals surface area contributed by atoms with Crippen LogP contribution in [0.3, 0.4) is 0 Å². The Bertz CT molecular complexity index is 502. The number of thiophene rings is 1. The molecule has 1 aromatic carbocycles. The lowest BCUT2D eigenvalue weighted by Crippen LogP contribution is -2.08. The topological polar surface area (TPSA) is 0 Å². The number of benzene rings is 1. The first kappa shape index (κ1) is 10.8. The number of fused-ring (bicyclic) bond motifs is 1. The fraction of sp³-hybridized carbons (Fsp3) is 0.429. The van der Waals surface area contributed by atoms with E-state index in [0.29, 0.717) is 4.83 Å². The van der Waals surface area contributed by atoms with Crippen LogP contribution < -0.4 is 0 Å². The van der Waals surface area contributed by atoms with Gasteiger partial charge in [-0.3, -0.25) is 0 Å². The van der Waals surface area contributed by atoms with Crippen LogP contribution in [0.4, 0.5) is 0 Å². The first-order valence-electron chi connectivity index (χ1n) is 5.87. The maximum absolute atomic E-state index is 3.80. The third-order valence-corrected chi connectivity index (χ3v) is 6.14. The molecule has 16 heavy (non-hydrogen) atoms. The molecule has 0 saturated heterocycles. The van der Waals surface area contributed by atoms with Crippen LogP contribution in [0, 0.1) is 5.92 Å². The van der Waals surface area contributed by atoms with Gasteiger partial charge in [-0.1, -0.05) is 41.1 Å². The highest BCUT2D eigenvalue weighted by Gasteiger charge is 2.32. The molecular weight excluding hydrogens is 280 g/mol. The zero-order chi connectivity index (χ0) is 11.1. The molecule has 3 atom stereocenters. The smallest absolute Gasteiger partial charge is 0.0377 e. The third-order valence-electron chi connectivity index (χ3n) is 3.87. The van der Waals surface area contributed by atoms with E-state index in [0.717, 1.165) is 11.8 Å². The summed E-state index contributed by atoms with van der Waals surface area (Å²) in [6, 6.07) is 8.99. The fourth-order valence-electron chi connectivity index (χ4n) is 2.86. The Kier molecular flexibility index (Phi) is 2.80. The molecule has 1 heterocycles. The molecule has 1 saturated carbocycles. The Morgan fingerprint density at radius 1 is 1.25 bits per heavy atom. The van der Waals surface area contributed by atoms with E-state index in [-0.39, 0.29) is 0 Å². The molecule has 3 unspecified atom stereocenters. The van der Waals surface area contributed by atoms with E-state index >= 15 is 0 Å². The number of hydrogen-bond donors (Lipinski definition) is 0. The van der Waals surface area contributed by atoms with Gasteiger partial charge in [0.25, 0.3) is 0 Å². The molecule has 0 nitrogen and oxygen atoms in total. The summed E-state index contributed by atoms with van der Waals surface area (Å²) in [7, 11) is 0. The second kappa shape index (κ2) is 4.15. The van der Waals surface area contributed by atoms with E-state index in [4.69, 9.17) is 0 Å². The van der Waals surface area contributed by atoms with Crippen molar-refractivity contribution in [2.24, 2.45) is 5.92 Å². The molecular formula is C14H15BrS. The van der Waals surface area contributed by atoms with Crippen molar-refractivity contribution in [2.45, 2.75) is 30.5 Å². The van der Waals surface area contributed by atoms with Crippen LogP contribution in [-0.2, 0) is 0 Å². The van der Waals surface area contributed by atoms with Crippen molar-refractivity contribution in [3.05, 3.63) is 35.2 Å². The van der Waals surface area contributed by atoms with E-state index in [1.807, 2.05) is 11.3 Å². The molecule has 0 amide bonds. The van der Waals surface area contributed by atoms with Crippen molar-refractivity contribution in [2.75, 3.05) is 0 Å². The predicted molar refractivity (Wildman–Crippen MR) is 75.7 cm³/mol. The molecule has 1 fully saturated rings. The average molecular weight is 295 g/mol. The minimum absolute atomic E-state index is 0.702. The van der Waals surface area contributed by atoms with E-state index in [1.165, 1.54) is 22.9 Å². The summed E-state index contributed by atoms with van der Waals surface area (Å²) in [6.45, 7) is 2.38. The molecule has 0 radical (unpaired) electrons. The Morgan fingerprint density at radius 2 is 2.12 bits per heavy atom. The quantitative estimate of drug-likeness (QED) is 0.636. The Balaban J connectivity index is 2.09. The van der Waals surface area contributed by atoms with Gasteiger partial charge in [-0.05, 0) is 47.1 Å². The SMILES string of the molecule is CC1C(Br)CCC1c1cccc2ccsc12. The van der Waals surface area contributed by atoms with Gasteiger partial charge in [0.15, 0.2) is 0 Å². The average Bonchev–Trinajstić information content (AvgIpc) is 2.87. The number of rotatable bonds is 1. The van der Waals surface area contributed by atoms with Crippen molar-refractivity contribution in [3.63, 3.8) is 0 Å². The van der Waals surface area contributed by atoms with Gasteiger partial charge in [0, 0.05) is 9.53 Å². The maximum atomic E-state index is 3.80. The van der Waals surface area contributed by atoms with Crippen molar-refractivity contribution < 1.29 is 0 Å². The monoisotopic (exact) mass is 294 g/mol. The molecule has 1 aliphatic rings. The predicted octanol–water partition coefficient (Wildman–Crippen LogP) is 5.18. The second-order valence-electron chi connectivity index (χ2n) is 4.75. The minimum Gasteiger partial charge on any atom is -0.144 e. The molecule has 84 valence electrons. The van der Waals surface area contributed by atoms with Crippen LogP contribution >= 0.6 is 27.3 Å². The third kappa shape index (κ3) is 1.63. The van der Waals surface area contributed by atoms with Crippen LogP contribution in [0.25, 0.3) is 10.1 Å². The molecule has 0 bridgehead atoms. The summed E-state index contributed by atoms with van der Waals surface area (Å²) in [4.78, 5) is 0.702. The molecule has 2 heteroatoms. The lowest BCUT2D eigenvalue weighted by molar-refractivity contribution is 0.548. The van der Waals surface area contributed by atoms with Gasteiger partial charge in [-0.15, -0.1) is 11.3 Å². The van der Waals surface area contributed by atoms with Crippen molar-refractivity contribution in [1.82, 2.24) is 0 Å². The summed E-state index contributed by atoms with van der Waals surface area (Å²) in [5, 5.41) is 3.62. The summed E-state index contributed by atoms with van der Waals surface area (Å²) >= 11 is 5.69. The highest BCUT2D eigenvalue weighted by atomic mass is 79.9. The molecule has 1 aliphatic carbocycles. The first-order chi connectivity index (χ1) is 7.77. The summed E-state index contributed by atoms with van der Waals surface area (Å²) in [5.74, 6) is 1.50. The van der Waals surface area contributed by atoms with Gasteiger partial charge in [-0.2, -0.15) is 0 Å². The number of halogens is 1. The number of alkyl halides is 1. The standard InChI is InChI=1S/C14H15BrS/c1-9-11(5-6-13(9)15)12-4-2-3-10-7-8-16-14(10)12/h2-4,7-9,11,13H,5-6H2,1H3.